The molecule has 1 atom stereocenters. The number of hydrogen-bond donors (Lipinski definition) is 2. The van der Waals surface area contributed by atoms with E-state index in [-0.39, 0.29) is 16.6 Å². The molecule has 1 amide bonds. The third-order valence-electron chi connectivity index (χ3n) is 4.73. The van der Waals surface area contributed by atoms with Gasteiger partial charge in [-0.2, -0.15) is 0 Å². The number of methoxy groups -OCH3 is 1. The summed E-state index contributed by atoms with van der Waals surface area (Å²) in [6, 6.07) is 10.6. The molecule has 1 unspecified atom stereocenters. The van der Waals surface area contributed by atoms with Gasteiger partial charge in [0, 0.05) is 22.0 Å². The Kier molecular flexibility index (Phi) is 6.56. The molecule has 0 aliphatic heterocycles. The number of nitrogens with zero attached hydrogens (tertiary/aromatic N) is 1. The molecule has 1 heterocycles. The molecule has 3 rings (SSSR count). The van der Waals surface area contributed by atoms with Crippen LogP contribution in [-0.4, -0.2) is 26.6 Å². The summed E-state index contributed by atoms with van der Waals surface area (Å²) in [5, 5.41) is 7.10. The molecule has 0 spiro atoms. The number of aryl methyl sites for hydroxylation is 2. The van der Waals surface area contributed by atoms with Gasteiger partial charge in [-0.1, -0.05) is 16.8 Å². The molecule has 0 bridgehead atoms. The second kappa shape index (κ2) is 8.99. The van der Waals surface area contributed by atoms with Crippen molar-refractivity contribution >= 4 is 38.9 Å². The molecule has 0 saturated carbocycles. The summed E-state index contributed by atoms with van der Waals surface area (Å²) in [4.78, 5) is 12.6. The topological polar surface area (TPSA) is 111 Å². The van der Waals surface area contributed by atoms with Gasteiger partial charge >= 0.3 is 0 Å². The van der Waals surface area contributed by atoms with Crippen molar-refractivity contribution in [3.05, 3.63) is 64.5 Å². The van der Waals surface area contributed by atoms with E-state index >= 15 is 0 Å². The van der Waals surface area contributed by atoms with Crippen molar-refractivity contribution in [2.24, 2.45) is 0 Å². The largest absolute Gasteiger partial charge is 0.495 e. The van der Waals surface area contributed by atoms with Crippen LogP contribution >= 0.6 is 11.6 Å². The van der Waals surface area contributed by atoms with Crippen LogP contribution in [0.15, 0.2) is 51.9 Å². The summed E-state index contributed by atoms with van der Waals surface area (Å²) < 4.78 is 38.7. The molecule has 164 valence electrons. The van der Waals surface area contributed by atoms with Gasteiger partial charge in [-0.15, -0.1) is 0 Å². The maximum atomic E-state index is 13.0. The Morgan fingerprint density at radius 3 is 2.35 bits per heavy atom. The van der Waals surface area contributed by atoms with Crippen molar-refractivity contribution in [2.45, 2.75) is 31.6 Å². The fourth-order valence-corrected chi connectivity index (χ4v) is 4.56. The Balaban J connectivity index is 1.88. The minimum atomic E-state index is -4.00. The molecule has 10 heteroatoms. The Bertz CT molecular complexity index is 1190. The molecule has 2 aromatic carbocycles. The average Bonchev–Trinajstić information content (AvgIpc) is 3.07. The molecule has 2 N–H and O–H groups in total. The summed E-state index contributed by atoms with van der Waals surface area (Å²) in [5.74, 6) is -0.169. The highest BCUT2D eigenvalue weighted by Gasteiger charge is 2.25. The smallest absolute Gasteiger partial charge is 0.265 e. The second-order valence-corrected chi connectivity index (χ2v) is 9.01. The van der Waals surface area contributed by atoms with Crippen LogP contribution in [0.25, 0.3) is 0 Å². The van der Waals surface area contributed by atoms with E-state index in [9.17, 15) is 13.2 Å². The highest BCUT2D eigenvalue weighted by Crippen LogP contribution is 2.30. The number of rotatable bonds is 7. The number of benzene rings is 2. The summed E-state index contributed by atoms with van der Waals surface area (Å²) in [5.41, 5.74) is 1.97. The SMILES string of the molecule is COc1ccc(NC(=O)C(C)c2c(C)noc2C)cc1S(=O)(=O)Nc1ccc(Cl)cc1. The van der Waals surface area contributed by atoms with Crippen LogP contribution in [0.5, 0.6) is 5.75 Å². The quantitative estimate of drug-likeness (QED) is 0.533. The zero-order valence-corrected chi connectivity index (χ0v) is 19.0. The fraction of sp³-hybridized carbons (Fsp3) is 0.238. The first-order valence-electron chi connectivity index (χ1n) is 9.32. The van der Waals surface area contributed by atoms with Gasteiger partial charge in [0.25, 0.3) is 10.0 Å². The molecule has 3 aromatic rings. The third kappa shape index (κ3) is 5.00. The minimum Gasteiger partial charge on any atom is -0.495 e. The van der Waals surface area contributed by atoms with Gasteiger partial charge in [-0.3, -0.25) is 9.52 Å². The molecule has 0 radical (unpaired) electrons. The number of ether oxygens (including phenoxy) is 1. The van der Waals surface area contributed by atoms with Crippen LogP contribution in [0.2, 0.25) is 5.02 Å². The molecule has 1 aromatic heterocycles. The predicted octanol–water partition coefficient (Wildman–Crippen LogP) is 4.50. The van der Waals surface area contributed by atoms with Crippen LogP contribution in [0, 0.1) is 13.8 Å². The van der Waals surface area contributed by atoms with Crippen molar-refractivity contribution in [3.63, 3.8) is 0 Å². The van der Waals surface area contributed by atoms with E-state index in [1.54, 1.807) is 51.1 Å². The Hall–Kier alpha value is -3.04. The number of nitrogens with one attached hydrogen (secondary N) is 2. The minimum absolute atomic E-state index is 0.118. The number of anilines is 2. The first kappa shape index (κ1) is 22.6. The van der Waals surface area contributed by atoms with E-state index in [0.717, 1.165) is 0 Å². The molecule has 0 fully saturated rings. The van der Waals surface area contributed by atoms with Crippen molar-refractivity contribution < 1.29 is 22.5 Å². The summed E-state index contributed by atoms with van der Waals surface area (Å²) >= 11 is 5.85. The van der Waals surface area contributed by atoms with Crippen LogP contribution in [-0.2, 0) is 14.8 Å². The fourth-order valence-electron chi connectivity index (χ4n) is 3.18. The maximum Gasteiger partial charge on any atom is 0.265 e. The van der Waals surface area contributed by atoms with Crippen LogP contribution in [0.1, 0.15) is 29.9 Å². The molecular weight excluding hydrogens is 442 g/mol. The Morgan fingerprint density at radius 1 is 1.13 bits per heavy atom. The van der Waals surface area contributed by atoms with Gasteiger partial charge < -0.3 is 14.6 Å². The van der Waals surface area contributed by atoms with Gasteiger partial charge in [0.2, 0.25) is 5.91 Å². The standard InChI is InChI=1S/C21H22ClN3O5S/c1-12(20-13(2)24-30-14(20)3)21(26)23-17-9-10-18(29-4)19(11-17)31(27,28)25-16-7-5-15(22)6-8-16/h5-12,25H,1-4H3,(H,23,26). The van der Waals surface area contributed by atoms with E-state index in [0.29, 0.717) is 33.4 Å². The number of amides is 1. The zero-order chi connectivity index (χ0) is 22.8. The lowest BCUT2D eigenvalue weighted by Crippen LogP contribution is -2.20. The monoisotopic (exact) mass is 463 g/mol. The first-order valence-corrected chi connectivity index (χ1v) is 11.2. The van der Waals surface area contributed by atoms with E-state index in [1.165, 1.54) is 19.2 Å². The highest BCUT2D eigenvalue weighted by molar-refractivity contribution is 7.92. The maximum absolute atomic E-state index is 13.0. The van der Waals surface area contributed by atoms with Crippen LogP contribution in [0.3, 0.4) is 0 Å². The van der Waals surface area contributed by atoms with Crippen LogP contribution < -0.4 is 14.8 Å². The van der Waals surface area contributed by atoms with Gasteiger partial charge in [0.05, 0.1) is 18.7 Å². The van der Waals surface area contributed by atoms with Crippen molar-refractivity contribution in [3.8, 4) is 5.75 Å². The normalized spacial score (nSPS) is 12.3. The van der Waals surface area contributed by atoms with E-state index in [2.05, 4.69) is 15.2 Å². The Labute approximate surface area is 185 Å². The van der Waals surface area contributed by atoms with E-state index in [4.69, 9.17) is 20.9 Å². The van der Waals surface area contributed by atoms with E-state index in [1.807, 2.05) is 0 Å². The lowest BCUT2D eigenvalue weighted by atomic mass is 9.98. The summed E-state index contributed by atoms with van der Waals surface area (Å²) in [7, 11) is -2.63. The molecular formula is C21H22ClN3O5S. The molecule has 31 heavy (non-hydrogen) atoms. The summed E-state index contributed by atoms with van der Waals surface area (Å²) in [6.45, 7) is 5.22. The lowest BCUT2D eigenvalue weighted by Gasteiger charge is -2.15. The van der Waals surface area contributed by atoms with Crippen molar-refractivity contribution in [2.75, 3.05) is 17.1 Å². The van der Waals surface area contributed by atoms with Crippen molar-refractivity contribution in [1.29, 1.82) is 0 Å². The zero-order valence-electron chi connectivity index (χ0n) is 17.4. The van der Waals surface area contributed by atoms with E-state index < -0.39 is 15.9 Å². The Morgan fingerprint density at radius 2 is 1.77 bits per heavy atom. The van der Waals surface area contributed by atoms with Gasteiger partial charge in [-0.05, 0) is 63.2 Å². The third-order valence-corrected chi connectivity index (χ3v) is 6.39. The lowest BCUT2D eigenvalue weighted by molar-refractivity contribution is -0.117. The highest BCUT2D eigenvalue weighted by atomic mass is 35.5. The van der Waals surface area contributed by atoms with Gasteiger partial charge in [0.1, 0.15) is 16.4 Å². The molecule has 0 aliphatic carbocycles. The average molecular weight is 464 g/mol. The number of aromatic nitrogens is 1. The number of hydrogen-bond acceptors (Lipinski definition) is 6. The molecule has 8 nitrogen and oxygen atoms in total. The number of carbonyl (C=O) groups is 1. The van der Waals surface area contributed by atoms with Crippen LogP contribution in [0.4, 0.5) is 11.4 Å². The number of carbonyl (C=O) groups excluding carboxylic acids is 1. The van der Waals surface area contributed by atoms with Gasteiger partial charge in [0.15, 0.2) is 0 Å². The number of sulfonamides is 1. The first-order chi connectivity index (χ1) is 14.6. The predicted molar refractivity (Wildman–Crippen MR) is 118 cm³/mol. The van der Waals surface area contributed by atoms with Crippen molar-refractivity contribution in [1.82, 2.24) is 5.16 Å². The number of halogens is 1. The molecule has 0 aliphatic rings. The molecule has 0 saturated heterocycles. The van der Waals surface area contributed by atoms with Gasteiger partial charge in [-0.25, -0.2) is 8.42 Å². The second-order valence-electron chi connectivity index (χ2n) is 6.93. The summed E-state index contributed by atoms with van der Waals surface area (Å²) in [6.07, 6.45) is 0.